The van der Waals surface area contributed by atoms with Crippen LogP contribution < -0.4 is 0 Å². The smallest absolute Gasteiger partial charge is 0.0780 e. The molecule has 0 aliphatic heterocycles. The van der Waals surface area contributed by atoms with Crippen molar-refractivity contribution in [2.24, 2.45) is 0 Å². The van der Waals surface area contributed by atoms with Gasteiger partial charge in [-0.05, 0) is 81.6 Å². The number of para-hydroxylation sites is 1. The zero-order valence-electron chi connectivity index (χ0n) is 27.7. The van der Waals surface area contributed by atoms with Gasteiger partial charge in [0.25, 0.3) is 0 Å². The minimum absolute atomic E-state index is 1.01. The predicted molar refractivity (Wildman–Crippen MR) is 213 cm³/mol. The Morgan fingerprint density at radius 1 is 0.314 bits per heavy atom. The second-order valence-electron chi connectivity index (χ2n) is 13.1. The van der Waals surface area contributed by atoms with Gasteiger partial charge < -0.3 is 4.57 Å². The first-order valence-electron chi connectivity index (χ1n) is 17.3. The molecule has 238 valence electrons. The summed E-state index contributed by atoms with van der Waals surface area (Å²) in [4.78, 5) is 9.49. The van der Waals surface area contributed by atoms with Crippen LogP contribution in [0.3, 0.4) is 0 Å². The summed E-state index contributed by atoms with van der Waals surface area (Å²) in [5.74, 6) is 0. The average Bonchev–Trinajstić information content (AvgIpc) is 3.54. The maximum atomic E-state index is 4.75. The molecule has 3 heterocycles. The molecule has 3 aromatic heterocycles. The van der Waals surface area contributed by atoms with Crippen molar-refractivity contribution in [3.8, 4) is 50.5 Å². The molecule has 0 unspecified atom stereocenters. The van der Waals surface area contributed by atoms with E-state index in [9.17, 15) is 0 Å². The third-order valence-corrected chi connectivity index (χ3v) is 10.1. The summed E-state index contributed by atoms with van der Waals surface area (Å²) < 4.78 is 2.38. The van der Waals surface area contributed by atoms with E-state index in [0.29, 0.717) is 0 Å². The Morgan fingerprint density at radius 2 is 0.725 bits per heavy atom. The van der Waals surface area contributed by atoms with Crippen molar-refractivity contribution < 1.29 is 0 Å². The van der Waals surface area contributed by atoms with Gasteiger partial charge in [-0.1, -0.05) is 127 Å². The van der Waals surface area contributed by atoms with Gasteiger partial charge in [0, 0.05) is 50.8 Å². The van der Waals surface area contributed by atoms with Crippen molar-refractivity contribution in [3.63, 3.8) is 0 Å². The Hall–Kier alpha value is -6.84. The van der Waals surface area contributed by atoms with E-state index in [1.165, 1.54) is 65.6 Å². The quantitative estimate of drug-likeness (QED) is 0.186. The molecule has 0 aliphatic carbocycles. The Kier molecular flexibility index (Phi) is 6.81. The number of fused-ring (bicyclic) bond motifs is 5. The highest BCUT2D eigenvalue weighted by molar-refractivity contribution is 6.11. The van der Waals surface area contributed by atoms with E-state index in [0.717, 1.165) is 28.2 Å². The van der Waals surface area contributed by atoms with Crippen LogP contribution >= 0.6 is 0 Å². The molecular formula is C48H31N3. The summed E-state index contributed by atoms with van der Waals surface area (Å²) in [6.07, 6.45) is 3.79. The fraction of sp³-hybridized carbons (Fsp3) is 0. The first-order chi connectivity index (χ1) is 25.3. The molecule has 10 rings (SSSR count). The minimum Gasteiger partial charge on any atom is -0.309 e. The van der Waals surface area contributed by atoms with Crippen LogP contribution in [0.5, 0.6) is 0 Å². The molecule has 3 nitrogen and oxygen atoms in total. The van der Waals surface area contributed by atoms with Gasteiger partial charge in [-0.25, -0.2) is 0 Å². The van der Waals surface area contributed by atoms with Crippen molar-refractivity contribution in [2.45, 2.75) is 0 Å². The SMILES string of the molecule is c1ccc(-n2c3ccc(-c4ccc(-c5nccc6ccccc56)cc4)cc3c3cc(-c4ccc(-c5nccc6ccccc56)cc4)ccc32)cc1. The highest BCUT2D eigenvalue weighted by Crippen LogP contribution is 2.38. The number of rotatable bonds is 5. The summed E-state index contributed by atoms with van der Waals surface area (Å²) in [5, 5.41) is 7.18. The van der Waals surface area contributed by atoms with Crippen molar-refractivity contribution in [2.75, 3.05) is 0 Å². The molecule has 51 heavy (non-hydrogen) atoms. The summed E-state index contributed by atoms with van der Waals surface area (Å²) in [6.45, 7) is 0. The van der Waals surface area contributed by atoms with Crippen LogP contribution in [0.1, 0.15) is 0 Å². The molecule has 0 N–H and O–H groups in total. The van der Waals surface area contributed by atoms with Crippen LogP contribution in [0.4, 0.5) is 0 Å². The van der Waals surface area contributed by atoms with Gasteiger partial charge in [-0.3, -0.25) is 9.97 Å². The van der Waals surface area contributed by atoms with E-state index >= 15 is 0 Å². The van der Waals surface area contributed by atoms with Crippen LogP contribution in [-0.2, 0) is 0 Å². The maximum absolute atomic E-state index is 4.75. The monoisotopic (exact) mass is 649 g/mol. The number of pyridine rings is 2. The van der Waals surface area contributed by atoms with E-state index in [1.807, 2.05) is 12.4 Å². The molecule has 0 saturated heterocycles. The largest absolute Gasteiger partial charge is 0.309 e. The van der Waals surface area contributed by atoms with Gasteiger partial charge >= 0.3 is 0 Å². The Bertz CT molecular complexity index is 2700. The zero-order valence-corrected chi connectivity index (χ0v) is 27.7. The lowest BCUT2D eigenvalue weighted by atomic mass is 9.97. The lowest BCUT2D eigenvalue weighted by Crippen LogP contribution is -1.93. The van der Waals surface area contributed by atoms with Crippen LogP contribution in [0.25, 0.3) is 93.8 Å². The van der Waals surface area contributed by atoms with E-state index in [4.69, 9.17) is 9.97 Å². The maximum Gasteiger partial charge on any atom is 0.0780 e. The van der Waals surface area contributed by atoms with Crippen LogP contribution in [0, 0.1) is 0 Å². The molecule has 0 saturated carbocycles. The van der Waals surface area contributed by atoms with Crippen LogP contribution in [0.15, 0.2) is 188 Å². The molecule has 0 amide bonds. The van der Waals surface area contributed by atoms with Gasteiger partial charge in [0.1, 0.15) is 0 Å². The van der Waals surface area contributed by atoms with Crippen LogP contribution in [-0.4, -0.2) is 14.5 Å². The molecule has 7 aromatic carbocycles. The molecule has 3 heteroatoms. The Balaban J connectivity index is 1.07. The van der Waals surface area contributed by atoms with E-state index in [1.54, 1.807) is 0 Å². The van der Waals surface area contributed by atoms with Gasteiger partial charge in [0.2, 0.25) is 0 Å². The van der Waals surface area contributed by atoms with Crippen molar-refractivity contribution >= 4 is 43.4 Å². The molecule has 0 bridgehead atoms. The average molecular weight is 650 g/mol. The first kappa shape index (κ1) is 29.1. The van der Waals surface area contributed by atoms with E-state index < -0.39 is 0 Å². The lowest BCUT2D eigenvalue weighted by Gasteiger charge is -2.09. The molecular weight excluding hydrogens is 619 g/mol. The minimum atomic E-state index is 1.01. The van der Waals surface area contributed by atoms with Crippen molar-refractivity contribution in [1.82, 2.24) is 14.5 Å². The highest BCUT2D eigenvalue weighted by atomic mass is 15.0. The molecule has 0 radical (unpaired) electrons. The van der Waals surface area contributed by atoms with E-state index in [2.05, 4.69) is 180 Å². The number of aromatic nitrogens is 3. The Labute approximate surface area is 295 Å². The second kappa shape index (κ2) is 11.9. The number of hydrogen-bond acceptors (Lipinski definition) is 2. The standard InChI is InChI=1S/C48H31N3/c1-2-10-40(11-3-1)51-45-24-22-38(32-14-18-36(19-15-32)47-41-12-6-4-8-34(41)26-28-49-47)30-43(45)44-31-39(23-25-46(44)51)33-16-20-37(21-17-33)48-42-13-7-5-9-35(42)27-29-50-48/h1-31H. The summed E-state index contributed by atoms with van der Waals surface area (Å²) in [6, 6.07) is 63.0. The second-order valence-corrected chi connectivity index (χ2v) is 13.1. The first-order valence-corrected chi connectivity index (χ1v) is 17.3. The summed E-state index contributed by atoms with van der Waals surface area (Å²) in [5.41, 5.74) is 12.5. The van der Waals surface area contributed by atoms with Gasteiger partial charge in [0.15, 0.2) is 0 Å². The fourth-order valence-electron chi connectivity index (χ4n) is 7.58. The fourth-order valence-corrected chi connectivity index (χ4v) is 7.58. The van der Waals surface area contributed by atoms with Gasteiger partial charge in [-0.2, -0.15) is 0 Å². The number of nitrogens with zero attached hydrogens (tertiary/aromatic N) is 3. The predicted octanol–water partition coefficient (Wildman–Crippen LogP) is 12.5. The summed E-state index contributed by atoms with van der Waals surface area (Å²) in [7, 11) is 0. The topological polar surface area (TPSA) is 30.7 Å². The van der Waals surface area contributed by atoms with Crippen LogP contribution in [0.2, 0.25) is 0 Å². The zero-order chi connectivity index (χ0) is 33.7. The molecule has 0 spiro atoms. The third-order valence-electron chi connectivity index (χ3n) is 10.1. The highest BCUT2D eigenvalue weighted by Gasteiger charge is 2.15. The van der Waals surface area contributed by atoms with Crippen molar-refractivity contribution in [1.29, 1.82) is 0 Å². The molecule has 0 fully saturated rings. The lowest BCUT2D eigenvalue weighted by molar-refractivity contribution is 1.18. The Morgan fingerprint density at radius 3 is 1.22 bits per heavy atom. The number of hydrogen-bond donors (Lipinski definition) is 0. The summed E-state index contributed by atoms with van der Waals surface area (Å²) >= 11 is 0. The van der Waals surface area contributed by atoms with Crippen molar-refractivity contribution in [3.05, 3.63) is 188 Å². The van der Waals surface area contributed by atoms with Gasteiger partial charge in [-0.15, -0.1) is 0 Å². The molecule has 10 aromatic rings. The third kappa shape index (κ3) is 4.98. The molecule has 0 aliphatic rings. The number of benzene rings is 7. The van der Waals surface area contributed by atoms with Gasteiger partial charge in [0.05, 0.1) is 22.4 Å². The van der Waals surface area contributed by atoms with E-state index in [-0.39, 0.29) is 0 Å². The normalized spacial score (nSPS) is 11.5. The molecule has 0 atom stereocenters.